The molecule has 2 heterocycles. The van der Waals surface area contributed by atoms with Crippen molar-refractivity contribution >= 4 is 23.5 Å². The van der Waals surface area contributed by atoms with E-state index in [0.29, 0.717) is 35.3 Å². The second kappa shape index (κ2) is 12.2. The number of alkyl halides is 9. The van der Waals surface area contributed by atoms with E-state index in [1.165, 1.54) is 18.2 Å². The Morgan fingerprint density at radius 1 is 0.829 bits per heavy atom. The van der Waals surface area contributed by atoms with E-state index in [4.69, 9.17) is 0 Å². The first kappa shape index (κ1) is 31.5. The molecule has 0 amide bonds. The zero-order valence-corrected chi connectivity index (χ0v) is 21.9. The van der Waals surface area contributed by atoms with Crippen LogP contribution in [0.4, 0.5) is 39.5 Å². The first-order chi connectivity index (χ1) is 19.1. The van der Waals surface area contributed by atoms with Gasteiger partial charge in [0, 0.05) is 24.4 Å². The SMILES string of the molecule is C/C=C1/N=C(c2ccc(C(F)(F)F)cc2)N=C1C=NC.CCC1=CC(c2ccc(C(F)(F)F)cc2C(F)(F)F)=NC1. The van der Waals surface area contributed by atoms with Crippen LogP contribution < -0.4 is 0 Å². The maximum Gasteiger partial charge on any atom is 0.417 e. The lowest BCUT2D eigenvalue weighted by molar-refractivity contribution is -0.143. The van der Waals surface area contributed by atoms with Gasteiger partial charge < -0.3 is 0 Å². The molecule has 218 valence electrons. The maximum atomic E-state index is 13.0. The number of halogens is 9. The Morgan fingerprint density at radius 2 is 1.44 bits per heavy atom. The van der Waals surface area contributed by atoms with Crippen molar-refractivity contribution in [1.82, 2.24) is 0 Å². The Morgan fingerprint density at radius 3 is 1.93 bits per heavy atom. The summed E-state index contributed by atoms with van der Waals surface area (Å²) in [6.45, 7) is 3.93. The van der Waals surface area contributed by atoms with E-state index in [2.05, 4.69) is 20.0 Å². The van der Waals surface area contributed by atoms with Gasteiger partial charge in [-0.25, -0.2) is 9.98 Å². The Hall–Kier alpha value is -4.03. The predicted octanol–water partition coefficient (Wildman–Crippen LogP) is 8.37. The third-order valence-electron chi connectivity index (χ3n) is 5.89. The molecule has 0 radical (unpaired) electrons. The summed E-state index contributed by atoms with van der Waals surface area (Å²) >= 11 is 0. The minimum atomic E-state index is -4.87. The quantitative estimate of drug-likeness (QED) is 0.255. The van der Waals surface area contributed by atoms with Crippen molar-refractivity contribution < 1.29 is 39.5 Å². The normalized spacial score (nSPS) is 16.8. The molecule has 0 aromatic heterocycles. The zero-order chi connectivity index (χ0) is 30.6. The van der Waals surface area contributed by atoms with Gasteiger partial charge in [0.1, 0.15) is 5.71 Å². The summed E-state index contributed by atoms with van der Waals surface area (Å²) in [4.78, 5) is 16.4. The molecule has 0 N–H and O–H groups in total. The van der Waals surface area contributed by atoms with Gasteiger partial charge in [0.15, 0.2) is 5.84 Å². The van der Waals surface area contributed by atoms with Crippen molar-refractivity contribution in [2.45, 2.75) is 38.8 Å². The van der Waals surface area contributed by atoms with Crippen molar-refractivity contribution in [3.8, 4) is 0 Å². The second-order valence-corrected chi connectivity index (χ2v) is 8.68. The van der Waals surface area contributed by atoms with Crippen molar-refractivity contribution in [3.05, 3.63) is 93.7 Å². The Balaban J connectivity index is 0.000000226. The molecular formula is C28H23F9N4. The zero-order valence-electron chi connectivity index (χ0n) is 21.9. The van der Waals surface area contributed by atoms with Crippen molar-refractivity contribution in [1.29, 1.82) is 0 Å². The molecule has 13 heteroatoms. The number of rotatable bonds is 4. The van der Waals surface area contributed by atoms with E-state index >= 15 is 0 Å². The standard InChI is InChI=1S/C14H11F6N.C14H12F3N3/c1-2-8-5-12(21-7-8)10-4-3-9(13(15,16)17)6-11(10)14(18,19)20;1-3-11-12(8-18-2)20-13(19-11)9-4-6-10(7-5-9)14(15,16)17/h3-6H,2,7H2,1H3;3-8H,1-2H3/b;11-3+,18-8?. The Kier molecular flexibility index (Phi) is 9.40. The lowest BCUT2D eigenvalue weighted by Crippen LogP contribution is -2.15. The van der Waals surface area contributed by atoms with Crippen LogP contribution in [0.3, 0.4) is 0 Å². The summed E-state index contributed by atoms with van der Waals surface area (Å²) in [7, 11) is 1.62. The molecule has 2 aromatic rings. The first-order valence-corrected chi connectivity index (χ1v) is 12.0. The molecule has 0 aliphatic carbocycles. The molecule has 0 saturated carbocycles. The van der Waals surface area contributed by atoms with Gasteiger partial charge in [0.05, 0.1) is 34.6 Å². The highest BCUT2D eigenvalue weighted by atomic mass is 19.4. The predicted molar refractivity (Wildman–Crippen MR) is 140 cm³/mol. The van der Waals surface area contributed by atoms with Crippen LogP contribution in [0.25, 0.3) is 0 Å². The fourth-order valence-corrected chi connectivity index (χ4v) is 3.76. The van der Waals surface area contributed by atoms with E-state index in [-0.39, 0.29) is 23.9 Å². The average Bonchev–Trinajstić information content (AvgIpc) is 3.55. The summed E-state index contributed by atoms with van der Waals surface area (Å²) < 4.78 is 114. The monoisotopic (exact) mass is 586 g/mol. The number of allylic oxidation sites excluding steroid dienone is 3. The van der Waals surface area contributed by atoms with Crippen molar-refractivity contribution in [2.24, 2.45) is 20.0 Å². The molecule has 2 aromatic carbocycles. The molecule has 0 unspecified atom stereocenters. The van der Waals surface area contributed by atoms with Crippen LogP contribution in [-0.4, -0.2) is 37.1 Å². The minimum Gasteiger partial charge on any atom is -0.294 e. The van der Waals surface area contributed by atoms with Gasteiger partial charge in [-0.15, -0.1) is 0 Å². The number of aliphatic imine (C=N–C) groups is 4. The van der Waals surface area contributed by atoms with Gasteiger partial charge in [-0.2, -0.15) is 39.5 Å². The fourth-order valence-electron chi connectivity index (χ4n) is 3.76. The molecule has 2 aliphatic rings. The van der Waals surface area contributed by atoms with E-state index < -0.39 is 35.2 Å². The number of benzene rings is 2. The molecule has 2 aliphatic heterocycles. The number of hydrogen-bond acceptors (Lipinski definition) is 4. The van der Waals surface area contributed by atoms with Gasteiger partial charge in [0.25, 0.3) is 0 Å². The summed E-state index contributed by atoms with van der Waals surface area (Å²) in [6.07, 6.45) is -8.56. The van der Waals surface area contributed by atoms with Gasteiger partial charge in [-0.05, 0) is 49.3 Å². The Bertz CT molecular complexity index is 1450. The molecular weight excluding hydrogens is 563 g/mol. The van der Waals surface area contributed by atoms with Gasteiger partial charge >= 0.3 is 18.5 Å². The highest BCUT2D eigenvalue weighted by Gasteiger charge is 2.39. The van der Waals surface area contributed by atoms with E-state index in [0.717, 1.165) is 23.8 Å². The van der Waals surface area contributed by atoms with Gasteiger partial charge in [-0.3, -0.25) is 9.98 Å². The maximum absolute atomic E-state index is 13.0. The highest BCUT2D eigenvalue weighted by Crippen LogP contribution is 2.38. The van der Waals surface area contributed by atoms with Crippen LogP contribution in [0.1, 0.15) is 48.1 Å². The molecule has 0 saturated heterocycles. The topological polar surface area (TPSA) is 49.4 Å². The van der Waals surface area contributed by atoms with Crippen LogP contribution in [0.5, 0.6) is 0 Å². The van der Waals surface area contributed by atoms with Gasteiger partial charge in [0.2, 0.25) is 0 Å². The smallest absolute Gasteiger partial charge is 0.294 e. The van der Waals surface area contributed by atoms with Crippen LogP contribution in [0.2, 0.25) is 0 Å². The summed E-state index contributed by atoms with van der Waals surface area (Å²) in [5.41, 5.74) is -0.927. The third kappa shape index (κ3) is 7.80. The molecule has 0 bridgehead atoms. The van der Waals surface area contributed by atoms with Crippen LogP contribution in [-0.2, 0) is 18.5 Å². The average molecular weight is 587 g/mol. The highest BCUT2D eigenvalue weighted by molar-refractivity contribution is 6.42. The van der Waals surface area contributed by atoms with Crippen LogP contribution in [0.15, 0.2) is 85.9 Å². The summed E-state index contributed by atoms with van der Waals surface area (Å²) in [5.74, 6) is 0.390. The lowest BCUT2D eigenvalue weighted by Gasteiger charge is -2.15. The molecule has 4 nitrogen and oxygen atoms in total. The van der Waals surface area contributed by atoms with Gasteiger partial charge in [-0.1, -0.05) is 31.2 Å². The van der Waals surface area contributed by atoms with E-state index in [9.17, 15) is 39.5 Å². The van der Waals surface area contributed by atoms with E-state index in [1.807, 2.05) is 13.8 Å². The number of amidine groups is 1. The molecule has 0 spiro atoms. The van der Waals surface area contributed by atoms with Crippen LogP contribution in [0, 0.1) is 0 Å². The summed E-state index contributed by atoms with van der Waals surface area (Å²) in [5, 5.41) is 0. The minimum absolute atomic E-state index is 0.0768. The number of hydrogen-bond donors (Lipinski definition) is 0. The largest absolute Gasteiger partial charge is 0.417 e. The molecule has 0 fully saturated rings. The molecule has 0 atom stereocenters. The second-order valence-electron chi connectivity index (χ2n) is 8.68. The van der Waals surface area contributed by atoms with Crippen molar-refractivity contribution in [3.63, 3.8) is 0 Å². The molecule has 41 heavy (non-hydrogen) atoms. The lowest BCUT2D eigenvalue weighted by atomic mass is 9.98. The molecule has 4 rings (SSSR count). The first-order valence-electron chi connectivity index (χ1n) is 12.0. The van der Waals surface area contributed by atoms with Crippen LogP contribution >= 0.6 is 0 Å². The summed E-state index contributed by atoms with van der Waals surface area (Å²) in [6, 6.07) is 6.39. The Labute approximate surface area is 229 Å². The third-order valence-corrected chi connectivity index (χ3v) is 5.89. The number of nitrogens with zero attached hydrogens (tertiary/aromatic N) is 4. The van der Waals surface area contributed by atoms with Crippen molar-refractivity contribution in [2.75, 3.05) is 13.6 Å². The fraction of sp³-hybridized carbons (Fsp3) is 0.286. The van der Waals surface area contributed by atoms with E-state index in [1.54, 1.807) is 19.3 Å².